The van der Waals surface area contributed by atoms with Gasteiger partial charge in [-0.25, -0.2) is 0 Å². The molecule has 1 amide bonds. The molecule has 1 unspecified atom stereocenters. The second-order valence-electron chi connectivity index (χ2n) is 6.14. The standard InChI is InChI=1S/C15H18N4O/c16-13-8-19(9-15(13)3-1-4-15)14(20)10-6-12-11(18-7-10)2-5-17-12/h2,5-7,13,17H,1,3-4,8-9,16H2. The lowest BCUT2D eigenvalue weighted by Gasteiger charge is -2.41. The van der Waals surface area contributed by atoms with E-state index in [4.69, 9.17) is 5.73 Å². The lowest BCUT2D eigenvalue weighted by atomic mass is 9.66. The molecule has 3 N–H and O–H groups in total. The maximum absolute atomic E-state index is 12.6. The van der Waals surface area contributed by atoms with Gasteiger partial charge in [0, 0.05) is 36.9 Å². The highest BCUT2D eigenvalue weighted by molar-refractivity contribution is 5.97. The van der Waals surface area contributed by atoms with Crippen molar-refractivity contribution in [2.24, 2.45) is 11.1 Å². The summed E-state index contributed by atoms with van der Waals surface area (Å²) in [7, 11) is 0. The summed E-state index contributed by atoms with van der Waals surface area (Å²) in [5.41, 5.74) is 8.86. The van der Waals surface area contributed by atoms with Crippen LogP contribution >= 0.6 is 0 Å². The summed E-state index contributed by atoms with van der Waals surface area (Å²) in [4.78, 5) is 21.9. The molecule has 2 aromatic rings. The predicted molar refractivity (Wildman–Crippen MR) is 76.3 cm³/mol. The number of amides is 1. The van der Waals surface area contributed by atoms with Crippen LogP contribution in [0, 0.1) is 5.41 Å². The number of hydrogen-bond donors (Lipinski definition) is 2. The normalized spacial score (nSPS) is 24.2. The van der Waals surface area contributed by atoms with Crippen LogP contribution in [0.1, 0.15) is 29.6 Å². The molecule has 20 heavy (non-hydrogen) atoms. The Labute approximate surface area is 117 Å². The van der Waals surface area contributed by atoms with Crippen molar-refractivity contribution in [3.05, 3.63) is 30.1 Å². The topological polar surface area (TPSA) is 75.0 Å². The highest BCUT2D eigenvalue weighted by Crippen LogP contribution is 2.47. The Morgan fingerprint density at radius 3 is 3.05 bits per heavy atom. The number of H-pyrrole nitrogens is 1. The van der Waals surface area contributed by atoms with Gasteiger partial charge in [-0.05, 0) is 25.0 Å². The number of nitrogens with one attached hydrogen (secondary N) is 1. The first-order valence-corrected chi connectivity index (χ1v) is 7.16. The number of hydrogen-bond acceptors (Lipinski definition) is 3. The number of rotatable bonds is 1. The monoisotopic (exact) mass is 270 g/mol. The third-order valence-electron chi connectivity index (χ3n) is 4.99. The van der Waals surface area contributed by atoms with Crippen molar-refractivity contribution in [2.45, 2.75) is 25.3 Å². The zero-order valence-electron chi connectivity index (χ0n) is 11.3. The number of fused-ring (bicyclic) bond motifs is 1. The van der Waals surface area contributed by atoms with Gasteiger partial charge in [0.25, 0.3) is 5.91 Å². The third-order valence-corrected chi connectivity index (χ3v) is 4.99. The van der Waals surface area contributed by atoms with Crippen LogP contribution in [0.25, 0.3) is 11.0 Å². The molecule has 4 rings (SSSR count). The smallest absolute Gasteiger partial charge is 0.255 e. The third kappa shape index (κ3) is 1.59. The number of nitrogens with zero attached hydrogens (tertiary/aromatic N) is 2. The second-order valence-corrected chi connectivity index (χ2v) is 6.14. The summed E-state index contributed by atoms with van der Waals surface area (Å²) < 4.78 is 0. The van der Waals surface area contributed by atoms with E-state index in [9.17, 15) is 4.79 Å². The van der Waals surface area contributed by atoms with Crippen LogP contribution in [-0.4, -0.2) is 39.9 Å². The largest absolute Gasteiger partial charge is 0.360 e. The Balaban J connectivity index is 1.60. The summed E-state index contributed by atoms with van der Waals surface area (Å²) in [6, 6.07) is 3.91. The van der Waals surface area contributed by atoms with Crippen LogP contribution in [0.15, 0.2) is 24.5 Å². The number of likely N-dealkylation sites (tertiary alicyclic amines) is 1. The molecule has 5 nitrogen and oxygen atoms in total. The molecular weight excluding hydrogens is 252 g/mol. The van der Waals surface area contributed by atoms with E-state index in [1.54, 1.807) is 6.20 Å². The van der Waals surface area contributed by atoms with Crippen molar-refractivity contribution >= 4 is 16.9 Å². The Kier molecular flexibility index (Phi) is 2.41. The van der Waals surface area contributed by atoms with Crippen LogP contribution in [0.5, 0.6) is 0 Å². The number of nitrogens with two attached hydrogens (primary N) is 1. The zero-order chi connectivity index (χ0) is 13.7. The minimum atomic E-state index is 0.0493. The van der Waals surface area contributed by atoms with E-state index in [1.165, 1.54) is 6.42 Å². The molecule has 0 aromatic carbocycles. The maximum atomic E-state index is 12.6. The van der Waals surface area contributed by atoms with Crippen LogP contribution < -0.4 is 5.73 Å². The molecule has 2 fully saturated rings. The van der Waals surface area contributed by atoms with Crippen molar-refractivity contribution in [1.29, 1.82) is 0 Å². The summed E-state index contributed by atoms with van der Waals surface area (Å²) in [5, 5.41) is 0. The molecule has 2 aromatic heterocycles. The number of carbonyl (C=O) groups is 1. The van der Waals surface area contributed by atoms with Gasteiger partial charge in [0.05, 0.1) is 16.6 Å². The average molecular weight is 270 g/mol. The molecule has 104 valence electrons. The Bertz CT molecular complexity index is 673. The van der Waals surface area contributed by atoms with Gasteiger partial charge < -0.3 is 15.6 Å². The molecule has 0 radical (unpaired) electrons. The molecule has 1 aliphatic carbocycles. The maximum Gasteiger partial charge on any atom is 0.255 e. The van der Waals surface area contributed by atoms with Gasteiger partial charge >= 0.3 is 0 Å². The van der Waals surface area contributed by atoms with E-state index in [1.807, 2.05) is 23.2 Å². The van der Waals surface area contributed by atoms with Crippen LogP contribution in [-0.2, 0) is 0 Å². The molecule has 1 spiro atoms. The summed E-state index contributed by atoms with van der Waals surface area (Å²) >= 11 is 0. The molecule has 1 saturated heterocycles. The van der Waals surface area contributed by atoms with E-state index in [0.717, 1.165) is 30.4 Å². The van der Waals surface area contributed by atoms with E-state index < -0.39 is 0 Å². The molecule has 1 atom stereocenters. The Morgan fingerprint density at radius 1 is 1.50 bits per heavy atom. The lowest BCUT2D eigenvalue weighted by Crippen LogP contribution is -2.45. The van der Waals surface area contributed by atoms with Gasteiger partial charge in [-0.2, -0.15) is 0 Å². The van der Waals surface area contributed by atoms with Crippen molar-refractivity contribution in [3.63, 3.8) is 0 Å². The first-order chi connectivity index (χ1) is 9.68. The van der Waals surface area contributed by atoms with Crippen LogP contribution in [0.2, 0.25) is 0 Å². The fraction of sp³-hybridized carbons (Fsp3) is 0.467. The van der Waals surface area contributed by atoms with Crippen molar-refractivity contribution < 1.29 is 4.79 Å². The van der Waals surface area contributed by atoms with Gasteiger partial charge in [0.1, 0.15) is 0 Å². The molecule has 1 saturated carbocycles. The summed E-state index contributed by atoms with van der Waals surface area (Å²) in [5.74, 6) is 0.0493. The highest BCUT2D eigenvalue weighted by Gasteiger charge is 2.49. The minimum absolute atomic E-state index is 0.0493. The predicted octanol–water partition coefficient (Wildman–Crippen LogP) is 1.52. The lowest BCUT2D eigenvalue weighted by molar-refractivity contribution is 0.0726. The van der Waals surface area contributed by atoms with E-state index >= 15 is 0 Å². The first kappa shape index (κ1) is 11.9. The average Bonchev–Trinajstić information content (AvgIpc) is 3.00. The molecule has 5 heteroatoms. The van der Waals surface area contributed by atoms with E-state index in [2.05, 4.69) is 9.97 Å². The Hall–Kier alpha value is -1.88. The number of aromatic nitrogens is 2. The SMILES string of the molecule is NC1CN(C(=O)c2cnc3cc[nH]c3c2)CC12CCC2. The van der Waals surface area contributed by atoms with E-state index in [0.29, 0.717) is 12.1 Å². The highest BCUT2D eigenvalue weighted by atomic mass is 16.2. The summed E-state index contributed by atoms with van der Waals surface area (Å²) in [6.45, 7) is 1.47. The number of carbonyl (C=O) groups excluding carboxylic acids is 1. The fourth-order valence-electron chi connectivity index (χ4n) is 3.54. The van der Waals surface area contributed by atoms with Crippen LogP contribution in [0.3, 0.4) is 0 Å². The molecule has 1 aliphatic heterocycles. The molecular formula is C15H18N4O. The van der Waals surface area contributed by atoms with E-state index in [-0.39, 0.29) is 17.4 Å². The van der Waals surface area contributed by atoms with Crippen molar-refractivity contribution in [3.8, 4) is 0 Å². The van der Waals surface area contributed by atoms with Crippen molar-refractivity contribution in [2.75, 3.05) is 13.1 Å². The molecule has 2 aliphatic rings. The van der Waals surface area contributed by atoms with Crippen molar-refractivity contribution in [1.82, 2.24) is 14.9 Å². The fourth-order valence-corrected chi connectivity index (χ4v) is 3.54. The van der Waals surface area contributed by atoms with Gasteiger partial charge in [-0.1, -0.05) is 6.42 Å². The van der Waals surface area contributed by atoms with Gasteiger partial charge in [-0.3, -0.25) is 9.78 Å². The minimum Gasteiger partial charge on any atom is -0.360 e. The molecule has 0 bridgehead atoms. The number of aromatic amines is 1. The molecule has 3 heterocycles. The Morgan fingerprint density at radius 2 is 2.35 bits per heavy atom. The quantitative estimate of drug-likeness (QED) is 0.825. The van der Waals surface area contributed by atoms with Gasteiger partial charge in [0.15, 0.2) is 0 Å². The summed E-state index contributed by atoms with van der Waals surface area (Å²) in [6.07, 6.45) is 7.06. The van der Waals surface area contributed by atoms with Gasteiger partial charge in [-0.15, -0.1) is 0 Å². The second kappa shape index (κ2) is 4.06. The number of pyridine rings is 1. The van der Waals surface area contributed by atoms with Gasteiger partial charge in [0.2, 0.25) is 0 Å². The van der Waals surface area contributed by atoms with Crippen LogP contribution in [0.4, 0.5) is 0 Å². The zero-order valence-corrected chi connectivity index (χ0v) is 11.3. The first-order valence-electron chi connectivity index (χ1n) is 7.16.